The number of nitrogens with one attached hydrogen (secondary N) is 1. The summed E-state index contributed by atoms with van der Waals surface area (Å²) < 4.78 is 1.81. The van der Waals surface area contributed by atoms with Crippen LogP contribution in [0.15, 0.2) is 53.6 Å². The Morgan fingerprint density at radius 3 is 2.77 bits per heavy atom. The molecule has 2 aliphatic heterocycles. The molecule has 0 radical (unpaired) electrons. The van der Waals surface area contributed by atoms with E-state index in [4.69, 9.17) is 0 Å². The number of hydrogen-bond donors (Lipinski definition) is 1. The average Bonchev–Trinajstić information content (AvgIpc) is 3.40. The number of likely N-dealkylation sites (tertiary alicyclic amines) is 1. The molecule has 4 aromatic rings. The van der Waals surface area contributed by atoms with Crippen LogP contribution in [0.3, 0.4) is 0 Å². The highest BCUT2D eigenvalue weighted by molar-refractivity contribution is 7.18. The summed E-state index contributed by atoms with van der Waals surface area (Å²) >= 11 is 1.66. The Hall–Kier alpha value is -2.54. The summed E-state index contributed by atoms with van der Waals surface area (Å²) in [7, 11) is 0. The van der Waals surface area contributed by atoms with E-state index >= 15 is 0 Å². The second kappa shape index (κ2) is 7.86. The van der Waals surface area contributed by atoms with Crippen LogP contribution in [0.1, 0.15) is 34.8 Å². The van der Waals surface area contributed by atoms with Gasteiger partial charge in [0.2, 0.25) is 0 Å². The molecule has 0 aliphatic carbocycles. The summed E-state index contributed by atoms with van der Waals surface area (Å²) in [5, 5.41) is 6.91. The zero-order valence-corrected chi connectivity index (χ0v) is 18.3. The topological polar surface area (TPSA) is 50.2 Å². The van der Waals surface area contributed by atoms with Crippen molar-refractivity contribution in [2.24, 2.45) is 0 Å². The minimum absolute atomic E-state index is 0.122. The van der Waals surface area contributed by atoms with Gasteiger partial charge in [-0.1, -0.05) is 42.5 Å². The van der Waals surface area contributed by atoms with Crippen LogP contribution in [-0.4, -0.2) is 34.1 Å². The van der Waals surface area contributed by atoms with Crippen molar-refractivity contribution < 1.29 is 0 Å². The van der Waals surface area contributed by atoms with Crippen molar-refractivity contribution in [2.75, 3.05) is 19.6 Å². The summed E-state index contributed by atoms with van der Waals surface area (Å²) in [6, 6.07) is 15.4. The number of fused-ring (bicyclic) bond motifs is 4. The Labute approximate surface area is 185 Å². The summed E-state index contributed by atoms with van der Waals surface area (Å²) in [5.41, 5.74) is 2.78. The van der Waals surface area contributed by atoms with Crippen LogP contribution < -0.4 is 10.9 Å². The molecule has 1 N–H and O–H groups in total. The molecule has 6 rings (SSSR count). The standard InChI is InChI=1S/C25H26N4OS/c30-25-23-21-14-26-15-22(21)31-24(23)27-16-29(25)13-12-28-10-8-18(9-11-28)20-7-3-5-17-4-1-2-6-19(17)20/h1-7,16,18,26H,8-15H2. The normalized spacial score (nSPS) is 17.5. The van der Waals surface area contributed by atoms with Crippen LogP contribution in [0.4, 0.5) is 0 Å². The molecule has 0 atom stereocenters. The van der Waals surface area contributed by atoms with Crippen molar-refractivity contribution in [3.8, 4) is 0 Å². The van der Waals surface area contributed by atoms with Crippen LogP contribution in [0.5, 0.6) is 0 Å². The molecular weight excluding hydrogens is 404 g/mol. The van der Waals surface area contributed by atoms with E-state index in [1.165, 1.54) is 39.6 Å². The number of rotatable bonds is 4. The van der Waals surface area contributed by atoms with E-state index in [1.54, 1.807) is 17.7 Å². The summed E-state index contributed by atoms with van der Waals surface area (Å²) in [5.74, 6) is 0.615. The second-order valence-electron chi connectivity index (χ2n) is 8.71. The van der Waals surface area contributed by atoms with E-state index < -0.39 is 0 Å². The first kappa shape index (κ1) is 19.2. The maximum Gasteiger partial charge on any atom is 0.262 e. The first-order valence-electron chi connectivity index (χ1n) is 11.2. The van der Waals surface area contributed by atoms with Crippen molar-refractivity contribution in [1.29, 1.82) is 0 Å². The van der Waals surface area contributed by atoms with Gasteiger partial charge < -0.3 is 10.2 Å². The highest BCUT2D eigenvalue weighted by atomic mass is 32.1. The molecular formula is C25H26N4OS. The molecule has 0 unspecified atom stereocenters. The number of benzene rings is 2. The Bertz CT molecular complexity index is 1310. The van der Waals surface area contributed by atoms with Gasteiger partial charge in [-0.05, 0) is 53.7 Å². The molecule has 1 saturated heterocycles. The summed E-state index contributed by atoms with van der Waals surface area (Å²) in [6.45, 7) is 5.42. The fraction of sp³-hybridized carbons (Fsp3) is 0.360. The monoisotopic (exact) mass is 430 g/mol. The Morgan fingerprint density at radius 1 is 1.03 bits per heavy atom. The lowest BCUT2D eigenvalue weighted by Gasteiger charge is -2.32. The molecule has 0 bridgehead atoms. The molecule has 0 amide bonds. The van der Waals surface area contributed by atoms with E-state index in [0.717, 1.165) is 42.9 Å². The minimum Gasteiger partial charge on any atom is -0.308 e. The van der Waals surface area contributed by atoms with Gasteiger partial charge in [-0.3, -0.25) is 9.36 Å². The molecule has 2 aromatic carbocycles. The largest absolute Gasteiger partial charge is 0.308 e. The number of piperidine rings is 1. The predicted molar refractivity (Wildman–Crippen MR) is 127 cm³/mol. The SMILES string of the molecule is O=c1c2c3c(sc2ncn1CCN1CCC(c2cccc4ccccc24)CC1)CNC3. The van der Waals surface area contributed by atoms with Gasteiger partial charge in [0.05, 0.1) is 11.7 Å². The highest BCUT2D eigenvalue weighted by Gasteiger charge is 2.23. The van der Waals surface area contributed by atoms with Gasteiger partial charge in [0.1, 0.15) is 4.83 Å². The van der Waals surface area contributed by atoms with Crippen LogP contribution in [0.2, 0.25) is 0 Å². The Balaban J connectivity index is 1.14. The lowest BCUT2D eigenvalue weighted by atomic mass is 9.86. The second-order valence-corrected chi connectivity index (χ2v) is 9.80. The third kappa shape index (κ3) is 3.39. The summed E-state index contributed by atoms with van der Waals surface area (Å²) in [4.78, 5) is 22.3. The van der Waals surface area contributed by atoms with Crippen molar-refractivity contribution in [2.45, 2.75) is 38.4 Å². The lowest BCUT2D eigenvalue weighted by Crippen LogP contribution is -2.36. The molecule has 0 spiro atoms. The van der Waals surface area contributed by atoms with E-state index in [1.807, 2.05) is 4.57 Å². The van der Waals surface area contributed by atoms with Crippen LogP contribution in [-0.2, 0) is 19.6 Å². The smallest absolute Gasteiger partial charge is 0.262 e. The van der Waals surface area contributed by atoms with Gasteiger partial charge in [-0.2, -0.15) is 0 Å². The molecule has 31 heavy (non-hydrogen) atoms. The van der Waals surface area contributed by atoms with Gasteiger partial charge >= 0.3 is 0 Å². The zero-order chi connectivity index (χ0) is 20.8. The molecule has 158 valence electrons. The minimum atomic E-state index is 0.122. The Morgan fingerprint density at radius 2 is 1.87 bits per heavy atom. The molecule has 1 fully saturated rings. The van der Waals surface area contributed by atoms with E-state index in [0.29, 0.717) is 12.5 Å². The molecule has 0 saturated carbocycles. The first-order valence-corrected chi connectivity index (χ1v) is 12.0. The van der Waals surface area contributed by atoms with Gasteiger partial charge in [0.15, 0.2) is 0 Å². The number of hydrogen-bond acceptors (Lipinski definition) is 5. The molecule has 2 aromatic heterocycles. The third-order valence-electron chi connectivity index (χ3n) is 6.96. The van der Waals surface area contributed by atoms with E-state index in [9.17, 15) is 4.79 Å². The third-order valence-corrected chi connectivity index (χ3v) is 8.10. The summed E-state index contributed by atoms with van der Waals surface area (Å²) in [6.07, 6.45) is 4.08. The van der Waals surface area contributed by atoms with E-state index in [-0.39, 0.29) is 5.56 Å². The number of aromatic nitrogens is 2. The maximum absolute atomic E-state index is 13.1. The van der Waals surface area contributed by atoms with Crippen LogP contribution >= 0.6 is 11.3 Å². The van der Waals surface area contributed by atoms with Gasteiger partial charge in [-0.25, -0.2) is 4.98 Å². The quantitative estimate of drug-likeness (QED) is 0.530. The van der Waals surface area contributed by atoms with Crippen molar-refractivity contribution >= 4 is 32.3 Å². The first-order chi connectivity index (χ1) is 15.3. The molecule has 4 heterocycles. The Kier molecular flexibility index (Phi) is 4.86. The van der Waals surface area contributed by atoms with Crippen molar-refractivity contribution in [1.82, 2.24) is 19.8 Å². The van der Waals surface area contributed by atoms with Crippen LogP contribution in [0, 0.1) is 0 Å². The molecule has 6 heteroatoms. The fourth-order valence-electron chi connectivity index (χ4n) is 5.24. The average molecular weight is 431 g/mol. The van der Waals surface area contributed by atoms with Crippen LogP contribution in [0.25, 0.3) is 21.0 Å². The van der Waals surface area contributed by atoms with Gasteiger partial charge in [-0.15, -0.1) is 11.3 Å². The highest BCUT2D eigenvalue weighted by Crippen LogP contribution is 2.33. The van der Waals surface area contributed by atoms with Crippen molar-refractivity contribution in [3.05, 3.63) is 75.1 Å². The fourth-order valence-corrected chi connectivity index (χ4v) is 6.36. The zero-order valence-electron chi connectivity index (χ0n) is 17.5. The van der Waals surface area contributed by atoms with E-state index in [2.05, 4.69) is 57.7 Å². The molecule has 2 aliphatic rings. The predicted octanol–water partition coefficient (Wildman–Crippen LogP) is 4.09. The van der Waals surface area contributed by atoms with Gasteiger partial charge in [0.25, 0.3) is 5.56 Å². The number of nitrogens with zero attached hydrogens (tertiary/aromatic N) is 3. The molecule has 5 nitrogen and oxygen atoms in total. The lowest BCUT2D eigenvalue weighted by molar-refractivity contribution is 0.205. The van der Waals surface area contributed by atoms with Gasteiger partial charge in [0, 0.05) is 31.1 Å². The van der Waals surface area contributed by atoms with Crippen molar-refractivity contribution in [3.63, 3.8) is 0 Å². The maximum atomic E-state index is 13.1. The number of thiophene rings is 1.